The summed E-state index contributed by atoms with van der Waals surface area (Å²) in [6.07, 6.45) is 0. The predicted molar refractivity (Wildman–Crippen MR) is 77.3 cm³/mol. The lowest BCUT2D eigenvalue weighted by molar-refractivity contribution is 0.584. The zero-order chi connectivity index (χ0) is 14.1. The molecule has 0 radical (unpaired) electrons. The highest BCUT2D eigenvalue weighted by atomic mass is 32.1. The molecule has 2 aromatic carbocycles. The predicted octanol–water partition coefficient (Wildman–Crippen LogP) is 4.34. The zero-order valence-corrected chi connectivity index (χ0v) is 11.1. The summed E-state index contributed by atoms with van der Waals surface area (Å²) in [5.41, 5.74) is 8.29. The molecule has 0 unspecified atom stereocenters. The first kappa shape index (κ1) is 12.7. The average Bonchev–Trinajstić information content (AvgIpc) is 2.87. The van der Waals surface area contributed by atoms with E-state index < -0.39 is 11.6 Å². The van der Waals surface area contributed by atoms with Gasteiger partial charge in [-0.25, -0.2) is 13.8 Å². The van der Waals surface area contributed by atoms with Gasteiger partial charge in [-0.05, 0) is 24.3 Å². The Bertz CT molecular complexity index is 748. The van der Waals surface area contributed by atoms with Crippen LogP contribution in [0.3, 0.4) is 0 Å². The second kappa shape index (κ2) is 5.02. The number of rotatable bonds is 2. The van der Waals surface area contributed by atoms with Crippen LogP contribution in [0.5, 0.6) is 0 Å². The molecule has 2 nitrogen and oxygen atoms in total. The summed E-state index contributed by atoms with van der Waals surface area (Å²) in [5.74, 6) is -1.23. The number of nitrogens with zero attached hydrogens (tertiary/aromatic N) is 1. The molecule has 0 saturated carbocycles. The molecule has 0 aliphatic heterocycles. The van der Waals surface area contributed by atoms with Gasteiger partial charge in [0.05, 0.1) is 5.69 Å². The number of hydrogen-bond donors (Lipinski definition) is 1. The van der Waals surface area contributed by atoms with Crippen LogP contribution >= 0.6 is 11.3 Å². The van der Waals surface area contributed by atoms with Crippen molar-refractivity contribution in [1.82, 2.24) is 4.98 Å². The molecule has 0 atom stereocenters. The van der Waals surface area contributed by atoms with Crippen LogP contribution in [-0.2, 0) is 0 Å². The number of halogens is 2. The third kappa shape index (κ3) is 2.40. The van der Waals surface area contributed by atoms with Crippen LogP contribution in [0.15, 0.2) is 47.8 Å². The molecule has 2 N–H and O–H groups in total. The van der Waals surface area contributed by atoms with Crippen molar-refractivity contribution in [2.45, 2.75) is 0 Å². The largest absolute Gasteiger partial charge is 0.398 e. The van der Waals surface area contributed by atoms with E-state index in [9.17, 15) is 8.78 Å². The number of anilines is 1. The van der Waals surface area contributed by atoms with E-state index in [4.69, 9.17) is 5.73 Å². The van der Waals surface area contributed by atoms with Crippen LogP contribution in [0, 0.1) is 11.6 Å². The summed E-state index contributed by atoms with van der Waals surface area (Å²) in [6, 6.07) is 10.7. The van der Waals surface area contributed by atoms with Crippen molar-refractivity contribution >= 4 is 17.0 Å². The molecule has 3 aromatic rings. The summed E-state index contributed by atoms with van der Waals surface area (Å²) in [6.45, 7) is 0. The number of aromatic nitrogens is 1. The highest BCUT2D eigenvalue weighted by Crippen LogP contribution is 2.32. The quantitative estimate of drug-likeness (QED) is 0.712. The lowest BCUT2D eigenvalue weighted by Crippen LogP contribution is -1.89. The number of hydrogen-bond acceptors (Lipinski definition) is 3. The lowest BCUT2D eigenvalue weighted by Gasteiger charge is -2.01. The van der Waals surface area contributed by atoms with E-state index in [0.717, 1.165) is 16.6 Å². The van der Waals surface area contributed by atoms with Crippen molar-refractivity contribution in [1.29, 1.82) is 0 Å². The number of thiazole rings is 1. The summed E-state index contributed by atoms with van der Waals surface area (Å²) >= 11 is 1.39. The Hall–Kier alpha value is -2.27. The minimum Gasteiger partial charge on any atom is -0.398 e. The second-order valence-electron chi connectivity index (χ2n) is 4.28. The molecule has 3 rings (SSSR count). The molecule has 0 saturated heterocycles. The van der Waals surface area contributed by atoms with Crippen molar-refractivity contribution in [2.24, 2.45) is 0 Å². The maximum atomic E-state index is 13.2. The van der Waals surface area contributed by atoms with Gasteiger partial charge < -0.3 is 5.73 Å². The number of nitrogen functional groups attached to an aromatic ring is 1. The molecule has 0 aliphatic rings. The first-order chi connectivity index (χ1) is 9.63. The fraction of sp³-hybridized carbons (Fsp3) is 0. The Morgan fingerprint density at radius 2 is 1.70 bits per heavy atom. The van der Waals surface area contributed by atoms with Crippen LogP contribution in [-0.4, -0.2) is 4.98 Å². The summed E-state index contributed by atoms with van der Waals surface area (Å²) < 4.78 is 26.4. The minimum absolute atomic E-state index is 0.416. The van der Waals surface area contributed by atoms with E-state index in [0.29, 0.717) is 16.9 Å². The van der Waals surface area contributed by atoms with Gasteiger partial charge in [-0.1, -0.05) is 12.1 Å². The normalized spacial score (nSPS) is 10.7. The maximum Gasteiger partial charge on any atom is 0.126 e. The Labute approximate surface area is 118 Å². The average molecular weight is 288 g/mol. The Kier molecular flexibility index (Phi) is 3.20. The van der Waals surface area contributed by atoms with Crippen LogP contribution in [0.2, 0.25) is 0 Å². The number of para-hydroxylation sites is 1. The molecule has 5 heteroatoms. The third-order valence-electron chi connectivity index (χ3n) is 2.85. The van der Waals surface area contributed by atoms with Gasteiger partial charge in [0.15, 0.2) is 0 Å². The van der Waals surface area contributed by atoms with Crippen molar-refractivity contribution < 1.29 is 8.78 Å². The number of benzene rings is 2. The van der Waals surface area contributed by atoms with E-state index >= 15 is 0 Å². The molecule has 0 bridgehead atoms. The zero-order valence-electron chi connectivity index (χ0n) is 10.3. The molecule has 0 amide bonds. The Morgan fingerprint density at radius 3 is 2.40 bits per heavy atom. The van der Waals surface area contributed by atoms with Crippen LogP contribution in [0.4, 0.5) is 14.5 Å². The molecule has 0 spiro atoms. The Morgan fingerprint density at radius 1 is 1.00 bits per heavy atom. The highest BCUT2D eigenvalue weighted by molar-refractivity contribution is 7.13. The topological polar surface area (TPSA) is 38.9 Å². The monoisotopic (exact) mass is 288 g/mol. The van der Waals surface area contributed by atoms with Crippen LogP contribution in [0.1, 0.15) is 0 Å². The molecule has 0 fully saturated rings. The van der Waals surface area contributed by atoms with Crippen molar-refractivity contribution in [3.05, 3.63) is 59.5 Å². The van der Waals surface area contributed by atoms with Gasteiger partial charge in [0.1, 0.15) is 16.6 Å². The summed E-state index contributed by atoms with van der Waals surface area (Å²) in [5, 5.41) is 2.48. The maximum absolute atomic E-state index is 13.2. The van der Waals surface area contributed by atoms with Crippen LogP contribution < -0.4 is 5.73 Å². The van der Waals surface area contributed by atoms with Crippen LogP contribution in [0.25, 0.3) is 21.8 Å². The van der Waals surface area contributed by atoms with E-state index in [1.54, 1.807) is 11.4 Å². The van der Waals surface area contributed by atoms with Crippen molar-refractivity contribution in [3.63, 3.8) is 0 Å². The van der Waals surface area contributed by atoms with Crippen molar-refractivity contribution in [2.75, 3.05) is 5.73 Å². The Balaban J connectivity index is 2.04. The van der Waals surface area contributed by atoms with Gasteiger partial charge in [-0.2, -0.15) is 0 Å². The lowest BCUT2D eigenvalue weighted by atomic mass is 10.1. The third-order valence-corrected chi connectivity index (χ3v) is 3.73. The van der Waals surface area contributed by atoms with E-state index in [1.807, 2.05) is 18.2 Å². The highest BCUT2D eigenvalue weighted by Gasteiger charge is 2.10. The first-order valence-electron chi connectivity index (χ1n) is 5.90. The molecule has 1 heterocycles. The van der Waals surface area contributed by atoms with Gasteiger partial charge in [0, 0.05) is 28.3 Å². The van der Waals surface area contributed by atoms with Gasteiger partial charge in [0.2, 0.25) is 0 Å². The molecule has 20 heavy (non-hydrogen) atoms. The summed E-state index contributed by atoms with van der Waals surface area (Å²) in [4.78, 5) is 4.40. The van der Waals surface area contributed by atoms with E-state index in [-0.39, 0.29) is 0 Å². The molecular formula is C15H10F2N2S. The van der Waals surface area contributed by atoms with Gasteiger partial charge in [0.25, 0.3) is 0 Å². The van der Waals surface area contributed by atoms with Gasteiger partial charge in [-0.15, -0.1) is 11.3 Å². The minimum atomic E-state index is -0.617. The number of nitrogens with two attached hydrogens (primary N) is 1. The molecule has 100 valence electrons. The molecular weight excluding hydrogens is 278 g/mol. The van der Waals surface area contributed by atoms with E-state index in [1.165, 1.54) is 23.5 Å². The fourth-order valence-corrected chi connectivity index (χ4v) is 2.80. The van der Waals surface area contributed by atoms with Gasteiger partial charge >= 0.3 is 0 Å². The second-order valence-corrected chi connectivity index (χ2v) is 5.14. The first-order valence-corrected chi connectivity index (χ1v) is 6.78. The van der Waals surface area contributed by atoms with E-state index in [2.05, 4.69) is 4.98 Å². The molecule has 1 aromatic heterocycles. The SMILES string of the molecule is Nc1ccccc1-c1nc(-c2cc(F)cc(F)c2)cs1. The van der Waals surface area contributed by atoms with Crippen molar-refractivity contribution in [3.8, 4) is 21.8 Å². The standard InChI is InChI=1S/C15H10F2N2S/c16-10-5-9(6-11(17)7-10)14-8-20-15(19-14)12-3-1-2-4-13(12)18/h1-8H,18H2. The fourth-order valence-electron chi connectivity index (χ4n) is 1.92. The van der Waals surface area contributed by atoms with Gasteiger partial charge in [-0.3, -0.25) is 0 Å². The smallest absolute Gasteiger partial charge is 0.126 e. The summed E-state index contributed by atoms with van der Waals surface area (Å²) in [7, 11) is 0. The molecule has 0 aliphatic carbocycles.